The van der Waals surface area contributed by atoms with Crippen molar-refractivity contribution in [2.75, 3.05) is 4.90 Å². The lowest BCUT2D eigenvalue weighted by atomic mass is 9.74. The minimum Gasteiger partial charge on any atom is -0.310 e. The maximum absolute atomic E-state index is 2.52. The first-order valence-corrected chi connectivity index (χ1v) is 22.4. The number of anilines is 3. The van der Waals surface area contributed by atoms with E-state index in [1.165, 1.54) is 94.6 Å². The smallest absolute Gasteiger partial charge is 0.0540 e. The lowest BCUT2D eigenvalue weighted by molar-refractivity contribution is 0.660. The van der Waals surface area contributed by atoms with Crippen molar-refractivity contribution in [3.63, 3.8) is 0 Å². The molecule has 0 bridgehead atoms. The Morgan fingerprint density at radius 2 is 0.825 bits per heavy atom. The standard InChI is InChI=1S/C62H49N/c1-60(2)52-28-13-9-24-46(52)51-38-41(33-36-54(51)60)40-19-17-22-43(37-40)63(44-34-35-47-45-23-10-15-30-55(45)62(5,57(47)39-44)42-20-7-6-8-21-42)58-32-16-12-25-48(58)49-27-18-31-56-59(49)50-26-11-14-29-53(50)61(56,3)4/h6-39H,1-5H3. The molecule has 9 aromatic carbocycles. The minimum atomic E-state index is -0.333. The number of hydrogen-bond acceptors (Lipinski definition) is 1. The van der Waals surface area contributed by atoms with Crippen LogP contribution < -0.4 is 4.90 Å². The molecule has 1 atom stereocenters. The minimum absolute atomic E-state index is 0.0400. The van der Waals surface area contributed by atoms with E-state index in [1.54, 1.807) is 0 Å². The average molecular weight is 808 g/mol. The van der Waals surface area contributed by atoms with Crippen LogP contribution in [0.15, 0.2) is 206 Å². The Morgan fingerprint density at radius 1 is 0.302 bits per heavy atom. The van der Waals surface area contributed by atoms with Crippen molar-refractivity contribution in [1.82, 2.24) is 0 Å². The molecule has 0 saturated heterocycles. The third-order valence-electron chi connectivity index (χ3n) is 15.0. The molecule has 3 aliphatic rings. The average Bonchev–Trinajstić information content (AvgIpc) is 3.83. The van der Waals surface area contributed by atoms with Gasteiger partial charge in [-0.3, -0.25) is 0 Å². The number of hydrogen-bond donors (Lipinski definition) is 0. The van der Waals surface area contributed by atoms with Gasteiger partial charge >= 0.3 is 0 Å². The molecule has 1 heteroatoms. The van der Waals surface area contributed by atoms with Crippen LogP contribution in [0.4, 0.5) is 17.1 Å². The molecule has 0 fully saturated rings. The molecule has 9 aromatic rings. The molecule has 63 heavy (non-hydrogen) atoms. The quantitative estimate of drug-likeness (QED) is 0.162. The third kappa shape index (κ3) is 5.36. The number of rotatable bonds is 6. The summed E-state index contributed by atoms with van der Waals surface area (Å²) in [6.07, 6.45) is 0. The highest BCUT2D eigenvalue weighted by atomic mass is 15.1. The molecule has 0 amide bonds. The van der Waals surface area contributed by atoms with Crippen LogP contribution in [-0.2, 0) is 16.2 Å². The molecule has 0 aliphatic heterocycles. The summed E-state index contributed by atoms with van der Waals surface area (Å²) in [6, 6.07) is 77.5. The van der Waals surface area contributed by atoms with Crippen LogP contribution in [0, 0.1) is 0 Å². The first kappa shape index (κ1) is 37.5. The summed E-state index contributed by atoms with van der Waals surface area (Å²) in [4.78, 5) is 2.52. The summed E-state index contributed by atoms with van der Waals surface area (Å²) in [6.45, 7) is 11.9. The molecular formula is C62H49N. The monoisotopic (exact) mass is 807 g/mol. The van der Waals surface area contributed by atoms with Crippen LogP contribution in [-0.4, -0.2) is 0 Å². The van der Waals surface area contributed by atoms with E-state index in [2.05, 4.69) is 246 Å². The van der Waals surface area contributed by atoms with Crippen LogP contribution >= 0.6 is 0 Å². The summed E-state index contributed by atoms with van der Waals surface area (Å²) in [7, 11) is 0. The van der Waals surface area contributed by atoms with Gasteiger partial charge in [-0.25, -0.2) is 0 Å². The van der Waals surface area contributed by atoms with Gasteiger partial charge in [0.2, 0.25) is 0 Å². The molecule has 0 aromatic heterocycles. The Morgan fingerprint density at radius 3 is 1.60 bits per heavy atom. The van der Waals surface area contributed by atoms with E-state index >= 15 is 0 Å². The van der Waals surface area contributed by atoms with Gasteiger partial charge in [-0.1, -0.05) is 198 Å². The molecule has 1 unspecified atom stereocenters. The highest BCUT2D eigenvalue weighted by molar-refractivity contribution is 5.99. The first-order valence-electron chi connectivity index (χ1n) is 22.4. The van der Waals surface area contributed by atoms with E-state index in [9.17, 15) is 0 Å². The molecule has 1 nitrogen and oxygen atoms in total. The lowest BCUT2D eigenvalue weighted by Gasteiger charge is -2.32. The van der Waals surface area contributed by atoms with Crippen molar-refractivity contribution in [1.29, 1.82) is 0 Å². The van der Waals surface area contributed by atoms with Gasteiger partial charge in [-0.05, 0) is 132 Å². The molecule has 3 aliphatic carbocycles. The first-order chi connectivity index (χ1) is 30.7. The van der Waals surface area contributed by atoms with E-state index < -0.39 is 0 Å². The van der Waals surface area contributed by atoms with Crippen molar-refractivity contribution >= 4 is 17.1 Å². The fraction of sp³-hybridized carbons (Fsp3) is 0.129. The fourth-order valence-electron chi connectivity index (χ4n) is 11.7. The Bertz CT molecular complexity index is 3310. The maximum atomic E-state index is 2.52. The third-order valence-corrected chi connectivity index (χ3v) is 15.0. The van der Waals surface area contributed by atoms with E-state index in [4.69, 9.17) is 0 Å². The van der Waals surface area contributed by atoms with Gasteiger partial charge in [0.15, 0.2) is 0 Å². The Balaban J connectivity index is 1.08. The second kappa shape index (κ2) is 13.6. The van der Waals surface area contributed by atoms with Crippen molar-refractivity contribution in [2.45, 2.75) is 50.9 Å². The molecule has 0 heterocycles. The maximum Gasteiger partial charge on any atom is 0.0540 e. The SMILES string of the molecule is CC1(C)c2ccccc2-c2cc(-c3cccc(N(c4ccc5c(c4)C(C)(c4ccccc4)c4ccccc4-5)c4ccccc4-c4cccc5c4-c4ccccc4C5(C)C)c3)ccc21. The zero-order chi connectivity index (χ0) is 42.7. The number of nitrogens with zero attached hydrogens (tertiary/aromatic N) is 1. The van der Waals surface area contributed by atoms with Gasteiger partial charge in [0.25, 0.3) is 0 Å². The molecular weight excluding hydrogens is 759 g/mol. The molecule has 0 radical (unpaired) electrons. The van der Waals surface area contributed by atoms with Gasteiger partial charge in [-0.2, -0.15) is 0 Å². The van der Waals surface area contributed by atoms with Crippen LogP contribution in [0.2, 0.25) is 0 Å². The van der Waals surface area contributed by atoms with Gasteiger partial charge in [0.1, 0.15) is 0 Å². The summed E-state index contributed by atoms with van der Waals surface area (Å²) in [5.74, 6) is 0. The van der Waals surface area contributed by atoms with Crippen molar-refractivity contribution in [2.24, 2.45) is 0 Å². The topological polar surface area (TPSA) is 3.24 Å². The summed E-state index contributed by atoms with van der Waals surface area (Å²) in [5, 5.41) is 0. The second-order valence-electron chi connectivity index (χ2n) is 19.0. The van der Waals surface area contributed by atoms with E-state index in [0.29, 0.717) is 0 Å². The highest BCUT2D eigenvalue weighted by Gasteiger charge is 2.42. The zero-order valence-corrected chi connectivity index (χ0v) is 36.6. The van der Waals surface area contributed by atoms with Crippen molar-refractivity contribution in [3.8, 4) is 55.6 Å². The summed E-state index contributed by atoms with van der Waals surface area (Å²) < 4.78 is 0. The predicted molar refractivity (Wildman–Crippen MR) is 265 cm³/mol. The van der Waals surface area contributed by atoms with Gasteiger partial charge in [-0.15, -0.1) is 0 Å². The summed E-state index contributed by atoms with van der Waals surface area (Å²) >= 11 is 0. The van der Waals surface area contributed by atoms with Gasteiger partial charge < -0.3 is 4.90 Å². The lowest BCUT2D eigenvalue weighted by Crippen LogP contribution is -2.23. The largest absolute Gasteiger partial charge is 0.310 e. The Hall–Kier alpha value is -7.22. The zero-order valence-electron chi connectivity index (χ0n) is 36.6. The van der Waals surface area contributed by atoms with E-state index in [1.807, 2.05) is 0 Å². The molecule has 0 N–H and O–H groups in total. The van der Waals surface area contributed by atoms with Crippen LogP contribution in [0.5, 0.6) is 0 Å². The fourth-order valence-corrected chi connectivity index (χ4v) is 11.7. The molecule has 0 spiro atoms. The van der Waals surface area contributed by atoms with Crippen molar-refractivity contribution in [3.05, 3.63) is 245 Å². The number of fused-ring (bicyclic) bond motifs is 9. The molecule has 12 rings (SSSR count). The van der Waals surface area contributed by atoms with E-state index in [-0.39, 0.29) is 16.2 Å². The highest BCUT2D eigenvalue weighted by Crippen LogP contribution is 2.57. The normalized spacial score (nSPS) is 16.7. The van der Waals surface area contributed by atoms with Crippen LogP contribution in [0.1, 0.15) is 73.6 Å². The van der Waals surface area contributed by atoms with Crippen molar-refractivity contribution < 1.29 is 0 Å². The molecule has 0 saturated carbocycles. The summed E-state index contributed by atoms with van der Waals surface area (Å²) in [5.41, 5.74) is 25.2. The Kier molecular flexibility index (Phi) is 8.13. The Labute approximate surface area is 372 Å². The number of para-hydroxylation sites is 1. The number of benzene rings is 9. The van der Waals surface area contributed by atoms with Gasteiger partial charge in [0, 0.05) is 33.2 Å². The van der Waals surface area contributed by atoms with Gasteiger partial charge in [0.05, 0.1) is 5.69 Å². The second-order valence-corrected chi connectivity index (χ2v) is 19.0. The van der Waals surface area contributed by atoms with Crippen LogP contribution in [0.25, 0.3) is 55.6 Å². The molecule has 302 valence electrons. The predicted octanol–water partition coefficient (Wildman–Crippen LogP) is 16.4. The van der Waals surface area contributed by atoms with E-state index in [0.717, 1.165) is 17.1 Å². The van der Waals surface area contributed by atoms with Crippen LogP contribution in [0.3, 0.4) is 0 Å².